The van der Waals surface area contributed by atoms with Crippen LogP contribution in [0.2, 0.25) is 0 Å². The van der Waals surface area contributed by atoms with E-state index < -0.39 is 0 Å². The molecule has 1 unspecified atom stereocenters. The minimum atomic E-state index is 0. The van der Waals surface area contributed by atoms with E-state index in [1.807, 2.05) is 35.9 Å². The van der Waals surface area contributed by atoms with Crippen molar-refractivity contribution in [2.75, 3.05) is 19.0 Å². The number of para-hydroxylation sites is 1. The molecule has 1 aromatic heterocycles. The molecule has 0 radical (unpaired) electrons. The van der Waals surface area contributed by atoms with Gasteiger partial charge < -0.3 is 15.8 Å². The Bertz CT molecular complexity index is 699. The van der Waals surface area contributed by atoms with Crippen LogP contribution in [0.25, 0.3) is 0 Å². The van der Waals surface area contributed by atoms with Crippen LogP contribution in [-0.4, -0.2) is 29.4 Å². The number of benzene rings is 1. The minimum absolute atomic E-state index is 0. The van der Waals surface area contributed by atoms with Gasteiger partial charge >= 0.3 is 0 Å². The molecule has 0 amide bonds. The summed E-state index contributed by atoms with van der Waals surface area (Å²) in [6.45, 7) is 8.22. The van der Waals surface area contributed by atoms with Crippen LogP contribution in [0.5, 0.6) is 0 Å². The van der Waals surface area contributed by atoms with Gasteiger partial charge in [0.25, 0.3) is 0 Å². The van der Waals surface area contributed by atoms with Crippen molar-refractivity contribution in [3.63, 3.8) is 0 Å². The fourth-order valence-electron chi connectivity index (χ4n) is 2.57. The van der Waals surface area contributed by atoms with Crippen molar-refractivity contribution in [1.82, 2.24) is 9.78 Å². The van der Waals surface area contributed by atoms with Crippen LogP contribution in [0.1, 0.15) is 23.9 Å². The highest BCUT2D eigenvalue weighted by molar-refractivity contribution is 14.0. The highest BCUT2D eigenvalue weighted by Crippen LogP contribution is 2.15. The van der Waals surface area contributed by atoms with Gasteiger partial charge in [-0.2, -0.15) is 5.10 Å². The molecule has 0 spiro atoms. The number of nitrogens with two attached hydrogens (primary N) is 1. The Balaban J connectivity index is 0.00000312. The van der Waals surface area contributed by atoms with Crippen molar-refractivity contribution >= 4 is 35.6 Å². The van der Waals surface area contributed by atoms with E-state index in [9.17, 15) is 0 Å². The number of methoxy groups -OCH3 is 1. The summed E-state index contributed by atoms with van der Waals surface area (Å²) in [5.41, 5.74) is 10.2. The average molecular weight is 457 g/mol. The lowest BCUT2D eigenvalue weighted by molar-refractivity contribution is 0.185. The molecular formula is C18H28IN5O. The van der Waals surface area contributed by atoms with Gasteiger partial charge in [0.15, 0.2) is 5.96 Å². The SMILES string of the molecule is COCc1ccccc1NC(N)=NCC(C)Cn1nc(C)cc1C.I. The number of guanidine groups is 1. The van der Waals surface area contributed by atoms with Crippen molar-refractivity contribution in [3.8, 4) is 0 Å². The maximum atomic E-state index is 6.02. The lowest BCUT2D eigenvalue weighted by Crippen LogP contribution is -2.25. The van der Waals surface area contributed by atoms with Crippen molar-refractivity contribution in [1.29, 1.82) is 0 Å². The number of halogens is 1. The Morgan fingerprint density at radius 2 is 2.08 bits per heavy atom. The standard InChI is InChI=1S/C18H27N5O.HI/c1-13(11-23-15(3)9-14(2)22-23)10-20-18(19)21-17-8-6-5-7-16(17)12-24-4;/h5-9,13H,10-12H2,1-4H3,(H3,19,20,21);1H. The zero-order chi connectivity index (χ0) is 17.5. The number of hydrogen-bond donors (Lipinski definition) is 2. The van der Waals surface area contributed by atoms with E-state index in [0.29, 0.717) is 25.0 Å². The monoisotopic (exact) mass is 457 g/mol. The summed E-state index contributed by atoms with van der Waals surface area (Å²) in [5.74, 6) is 0.760. The van der Waals surface area contributed by atoms with Crippen LogP contribution >= 0.6 is 24.0 Å². The average Bonchev–Trinajstić information content (AvgIpc) is 2.85. The predicted molar refractivity (Wildman–Crippen MR) is 114 cm³/mol. The fraction of sp³-hybridized carbons (Fsp3) is 0.444. The lowest BCUT2D eigenvalue weighted by atomic mass is 10.2. The third-order valence-corrected chi connectivity index (χ3v) is 3.74. The highest BCUT2D eigenvalue weighted by atomic mass is 127. The van der Waals surface area contributed by atoms with Crippen LogP contribution in [0.15, 0.2) is 35.3 Å². The molecular weight excluding hydrogens is 429 g/mol. The van der Waals surface area contributed by atoms with Gasteiger partial charge in [-0.05, 0) is 31.9 Å². The fourth-order valence-corrected chi connectivity index (χ4v) is 2.57. The molecule has 6 nitrogen and oxygen atoms in total. The maximum absolute atomic E-state index is 6.02. The Labute approximate surface area is 166 Å². The zero-order valence-electron chi connectivity index (χ0n) is 15.3. The number of aryl methyl sites for hydroxylation is 2. The molecule has 0 saturated carbocycles. The summed E-state index contributed by atoms with van der Waals surface area (Å²) >= 11 is 0. The number of anilines is 1. The largest absolute Gasteiger partial charge is 0.380 e. The zero-order valence-corrected chi connectivity index (χ0v) is 17.7. The summed E-state index contributed by atoms with van der Waals surface area (Å²) in [7, 11) is 1.68. The Kier molecular flexibility index (Phi) is 8.91. The molecule has 3 N–H and O–H groups in total. The van der Waals surface area contributed by atoms with Gasteiger partial charge in [0.2, 0.25) is 0 Å². The first-order valence-electron chi connectivity index (χ1n) is 8.14. The molecule has 7 heteroatoms. The van der Waals surface area contributed by atoms with Gasteiger partial charge in [0.05, 0.1) is 12.3 Å². The van der Waals surface area contributed by atoms with E-state index in [1.54, 1.807) is 7.11 Å². The van der Waals surface area contributed by atoms with E-state index in [-0.39, 0.29) is 24.0 Å². The van der Waals surface area contributed by atoms with E-state index in [1.165, 1.54) is 5.69 Å². The smallest absolute Gasteiger partial charge is 0.193 e. The second kappa shape index (κ2) is 10.4. The number of ether oxygens (including phenoxy) is 1. The third kappa shape index (κ3) is 6.66. The van der Waals surface area contributed by atoms with Gasteiger partial charge in [0.1, 0.15) is 0 Å². The highest BCUT2D eigenvalue weighted by Gasteiger charge is 2.07. The maximum Gasteiger partial charge on any atom is 0.193 e. The molecule has 0 aliphatic heterocycles. The molecule has 138 valence electrons. The van der Waals surface area contributed by atoms with Gasteiger partial charge in [0, 0.05) is 37.1 Å². The van der Waals surface area contributed by atoms with Crippen molar-refractivity contribution in [2.24, 2.45) is 16.6 Å². The van der Waals surface area contributed by atoms with Gasteiger partial charge in [-0.25, -0.2) is 0 Å². The Hall–Kier alpha value is -1.61. The number of nitrogens with zero attached hydrogens (tertiary/aromatic N) is 3. The van der Waals surface area contributed by atoms with Crippen LogP contribution in [0.3, 0.4) is 0 Å². The number of aliphatic imine (C=N–C) groups is 1. The van der Waals surface area contributed by atoms with Crippen LogP contribution < -0.4 is 11.1 Å². The molecule has 1 atom stereocenters. The third-order valence-electron chi connectivity index (χ3n) is 3.74. The Morgan fingerprint density at radius 1 is 1.36 bits per heavy atom. The number of nitrogens with one attached hydrogen (secondary N) is 1. The van der Waals surface area contributed by atoms with E-state index in [0.717, 1.165) is 23.5 Å². The van der Waals surface area contributed by atoms with Crippen molar-refractivity contribution in [2.45, 2.75) is 33.9 Å². The summed E-state index contributed by atoms with van der Waals surface area (Å²) < 4.78 is 7.22. The summed E-state index contributed by atoms with van der Waals surface area (Å²) in [6, 6.07) is 9.99. The van der Waals surface area contributed by atoms with Crippen LogP contribution in [0.4, 0.5) is 5.69 Å². The first-order chi connectivity index (χ1) is 11.5. The van der Waals surface area contributed by atoms with E-state index in [4.69, 9.17) is 10.5 Å². The molecule has 2 aromatic rings. The second-order valence-electron chi connectivity index (χ2n) is 6.16. The number of rotatable bonds is 7. The number of aromatic nitrogens is 2. The summed E-state index contributed by atoms with van der Waals surface area (Å²) in [5, 5.41) is 7.64. The topological polar surface area (TPSA) is 77.5 Å². The molecule has 0 aliphatic rings. The summed E-state index contributed by atoms with van der Waals surface area (Å²) in [6.07, 6.45) is 0. The van der Waals surface area contributed by atoms with Crippen LogP contribution in [0, 0.1) is 19.8 Å². The van der Waals surface area contributed by atoms with E-state index in [2.05, 4.69) is 35.3 Å². The van der Waals surface area contributed by atoms with Crippen LogP contribution in [-0.2, 0) is 17.9 Å². The van der Waals surface area contributed by atoms with Crippen molar-refractivity contribution in [3.05, 3.63) is 47.3 Å². The van der Waals surface area contributed by atoms with Gasteiger partial charge in [-0.1, -0.05) is 25.1 Å². The lowest BCUT2D eigenvalue weighted by Gasteiger charge is -2.13. The quantitative estimate of drug-likeness (QED) is 0.380. The molecule has 25 heavy (non-hydrogen) atoms. The Morgan fingerprint density at radius 3 is 2.72 bits per heavy atom. The van der Waals surface area contributed by atoms with Crippen molar-refractivity contribution < 1.29 is 4.74 Å². The molecule has 0 fully saturated rings. The predicted octanol–water partition coefficient (Wildman–Crippen LogP) is 3.33. The second-order valence-corrected chi connectivity index (χ2v) is 6.16. The normalized spacial score (nSPS) is 12.6. The first kappa shape index (κ1) is 21.4. The molecule has 2 rings (SSSR count). The first-order valence-corrected chi connectivity index (χ1v) is 8.14. The molecule has 1 aromatic carbocycles. The molecule has 0 aliphatic carbocycles. The van der Waals surface area contributed by atoms with E-state index >= 15 is 0 Å². The van der Waals surface area contributed by atoms with Gasteiger partial charge in [-0.3, -0.25) is 9.67 Å². The number of hydrogen-bond acceptors (Lipinski definition) is 3. The minimum Gasteiger partial charge on any atom is -0.380 e. The molecule has 1 heterocycles. The molecule has 0 bridgehead atoms. The summed E-state index contributed by atoms with van der Waals surface area (Å²) in [4.78, 5) is 4.45. The van der Waals surface area contributed by atoms with Gasteiger partial charge in [-0.15, -0.1) is 24.0 Å². The molecule has 0 saturated heterocycles.